The number of nitrogens with zero attached hydrogens (tertiary/aromatic N) is 3. The van der Waals surface area contributed by atoms with E-state index in [-0.39, 0.29) is 17.7 Å². The summed E-state index contributed by atoms with van der Waals surface area (Å²) < 4.78 is 27.8. The van der Waals surface area contributed by atoms with E-state index in [9.17, 15) is 24.3 Å². The summed E-state index contributed by atoms with van der Waals surface area (Å²) in [4.78, 5) is 56.8. The molecule has 9 rings (SSSR count). The van der Waals surface area contributed by atoms with Gasteiger partial charge in [-0.25, -0.2) is 9.78 Å². The van der Waals surface area contributed by atoms with Gasteiger partial charge in [0.05, 0.1) is 38.4 Å². The number of carbonyl (C=O) groups excluding carboxylic acids is 3. The van der Waals surface area contributed by atoms with Gasteiger partial charge in [-0.3, -0.25) is 14.5 Å². The Hall–Kier alpha value is -8.19. The highest BCUT2D eigenvalue weighted by atomic mass is 16.5. The Balaban J connectivity index is 0.000000189. The summed E-state index contributed by atoms with van der Waals surface area (Å²) in [6.07, 6.45) is 2.31. The maximum atomic E-state index is 12.9. The molecule has 0 saturated carbocycles. The molecule has 4 atom stereocenters. The van der Waals surface area contributed by atoms with Crippen molar-refractivity contribution in [1.82, 2.24) is 4.98 Å². The largest absolute Gasteiger partial charge is 0.497 e. The van der Waals surface area contributed by atoms with Crippen molar-refractivity contribution in [2.24, 2.45) is 11.8 Å². The molecule has 2 saturated heterocycles. The third kappa shape index (κ3) is 10.6. The number of carboxylic acid groups (broad SMARTS) is 1. The van der Waals surface area contributed by atoms with E-state index in [0.29, 0.717) is 67.0 Å². The smallest absolute Gasteiger partial charge is 0.327 e. The normalized spacial score (nSPS) is 17.2. The fourth-order valence-corrected chi connectivity index (χ4v) is 8.36. The first-order chi connectivity index (χ1) is 33.1. The second-order valence-electron chi connectivity index (χ2n) is 16.4. The van der Waals surface area contributed by atoms with Gasteiger partial charge in [-0.05, 0) is 121 Å². The number of rotatable bonds is 18. The number of hydrogen-bond donors (Lipinski definition) is 1. The van der Waals surface area contributed by atoms with E-state index in [1.807, 2.05) is 116 Å². The number of amides is 2. The number of aryl methyl sites for hydroxylation is 1. The van der Waals surface area contributed by atoms with Gasteiger partial charge in [-0.15, -0.1) is 0 Å². The lowest BCUT2D eigenvalue weighted by Gasteiger charge is -2.44. The molecule has 2 fully saturated rings. The molecule has 0 radical (unpaired) electrons. The summed E-state index contributed by atoms with van der Waals surface area (Å²) in [5, 5.41) is 9.80. The molecular formula is C55H51N3O10. The Labute approximate surface area is 394 Å². The van der Waals surface area contributed by atoms with Crippen molar-refractivity contribution in [2.45, 2.75) is 44.9 Å². The second-order valence-corrected chi connectivity index (χ2v) is 16.4. The SMILES string of the molecule is COc1ccc(N2C(=O)[C@@H](Cc3ccc(OCCc4nc(-c5ccccc5)oc4C)cc3)[C@H]2C(=O)O)cc1.COc1ccc(N2C(=O)[C@@H](Cc3ccc(OCc4ccccc4)cc3)[C@H]2C=O)cc1. The first-order valence-corrected chi connectivity index (χ1v) is 22.3. The molecule has 2 aliphatic heterocycles. The summed E-state index contributed by atoms with van der Waals surface area (Å²) in [5.74, 6) is 1.92. The average Bonchev–Trinajstić information content (AvgIpc) is 3.76. The fraction of sp³-hybridized carbons (Fsp3) is 0.218. The van der Waals surface area contributed by atoms with Crippen LogP contribution < -0.4 is 28.7 Å². The van der Waals surface area contributed by atoms with Crippen LogP contribution >= 0.6 is 0 Å². The summed E-state index contributed by atoms with van der Waals surface area (Å²) >= 11 is 0. The van der Waals surface area contributed by atoms with Gasteiger partial charge in [-0.1, -0.05) is 72.8 Å². The first kappa shape index (κ1) is 46.3. The van der Waals surface area contributed by atoms with Crippen LogP contribution in [0.5, 0.6) is 23.0 Å². The highest BCUT2D eigenvalue weighted by Gasteiger charge is 2.52. The number of ether oxygens (including phenoxy) is 4. The van der Waals surface area contributed by atoms with Crippen molar-refractivity contribution in [3.8, 4) is 34.5 Å². The molecule has 68 heavy (non-hydrogen) atoms. The quantitative estimate of drug-likeness (QED) is 0.0647. The van der Waals surface area contributed by atoms with Crippen molar-refractivity contribution in [1.29, 1.82) is 0 Å². The molecule has 6 aromatic carbocycles. The molecule has 0 unspecified atom stereocenters. The van der Waals surface area contributed by atoms with Crippen molar-refractivity contribution < 1.29 is 47.6 Å². The van der Waals surface area contributed by atoms with E-state index in [1.165, 1.54) is 4.90 Å². The molecule has 1 aromatic heterocycles. The third-order valence-electron chi connectivity index (χ3n) is 12.1. The maximum Gasteiger partial charge on any atom is 0.327 e. The molecule has 3 heterocycles. The topological polar surface area (TPSA) is 158 Å². The lowest BCUT2D eigenvalue weighted by atomic mass is 9.82. The van der Waals surface area contributed by atoms with Gasteiger partial charge in [0.25, 0.3) is 0 Å². The van der Waals surface area contributed by atoms with E-state index in [2.05, 4.69) is 4.98 Å². The van der Waals surface area contributed by atoms with Crippen LogP contribution in [0.3, 0.4) is 0 Å². The minimum absolute atomic E-state index is 0.0401. The molecule has 2 amide bonds. The van der Waals surface area contributed by atoms with E-state index < -0.39 is 24.0 Å². The number of carboxylic acids is 1. The van der Waals surface area contributed by atoms with Gasteiger partial charge < -0.3 is 38.2 Å². The summed E-state index contributed by atoms with van der Waals surface area (Å²) in [5.41, 5.74) is 6.01. The molecule has 2 aliphatic rings. The summed E-state index contributed by atoms with van der Waals surface area (Å²) in [6, 6.07) is 47.4. The summed E-state index contributed by atoms with van der Waals surface area (Å²) in [7, 11) is 3.14. The van der Waals surface area contributed by atoms with Gasteiger partial charge in [0.1, 0.15) is 53.7 Å². The number of hydrogen-bond acceptors (Lipinski definition) is 10. The Morgan fingerprint density at radius 1 is 0.632 bits per heavy atom. The zero-order valence-corrected chi connectivity index (χ0v) is 37.9. The van der Waals surface area contributed by atoms with Crippen molar-refractivity contribution >= 4 is 35.4 Å². The van der Waals surface area contributed by atoms with Crippen LogP contribution in [0.4, 0.5) is 11.4 Å². The Morgan fingerprint density at radius 3 is 1.68 bits per heavy atom. The van der Waals surface area contributed by atoms with Gasteiger partial charge in [0.2, 0.25) is 17.7 Å². The van der Waals surface area contributed by atoms with Crippen molar-refractivity contribution in [3.05, 3.63) is 186 Å². The number of methoxy groups -OCH3 is 2. The van der Waals surface area contributed by atoms with E-state index in [0.717, 1.165) is 45.7 Å². The number of β-lactam (4-membered cyclic amide) rings is 2. The molecule has 0 aliphatic carbocycles. The van der Waals surface area contributed by atoms with Gasteiger partial charge in [0.15, 0.2) is 0 Å². The molecule has 13 heteroatoms. The first-order valence-electron chi connectivity index (χ1n) is 22.3. The molecule has 7 aromatic rings. The number of carbonyl (C=O) groups is 4. The number of benzene rings is 6. The second kappa shape index (κ2) is 21.4. The number of aldehydes is 1. The zero-order chi connectivity index (χ0) is 47.6. The minimum Gasteiger partial charge on any atom is -0.497 e. The third-order valence-corrected chi connectivity index (χ3v) is 12.1. The predicted octanol–water partition coefficient (Wildman–Crippen LogP) is 8.99. The van der Waals surface area contributed by atoms with Crippen LogP contribution in [0.1, 0.15) is 28.1 Å². The van der Waals surface area contributed by atoms with Crippen molar-refractivity contribution in [2.75, 3.05) is 30.6 Å². The Morgan fingerprint density at radius 2 is 1.13 bits per heavy atom. The van der Waals surface area contributed by atoms with Crippen LogP contribution in [0.25, 0.3) is 11.5 Å². The minimum atomic E-state index is -1.02. The Bertz CT molecular complexity index is 2800. The lowest BCUT2D eigenvalue weighted by molar-refractivity contribution is -0.149. The van der Waals surface area contributed by atoms with E-state index >= 15 is 0 Å². The van der Waals surface area contributed by atoms with Gasteiger partial charge in [0, 0.05) is 23.4 Å². The molecule has 346 valence electrons. The van der Waals surface area contributed by atoms with E-state index in [1.54, 1.807) is 67.7 Å². The number of aliphatic carboxylic acids is 1. The van der Waals surface area contributed by atoms with E-state index in [4.69, 9.17) is 23.4 Å². The van der Waals surface area contributed by atoms with Crippen LogP contribution in [-0.4, -0.2) is 67.1 Å². The number of anilines is 2. The van der Waals surface area contributed by atoms with Crippen LogP contribution in [0.15, 0.2) is 162 Å². The highest BCUT2D eigenvalue weighted by Crippen LogP contribution is 2.37. The van der Waals surface area contributed by atoms with Crippen LogP contribution in [0, 0.1) is 18.8 Å². The highest BCUT2D eigenvalue weighted by molar-refractivity contribution is 6.10. The predicted molar refractivity (Wildman–Crippen MR) is 256 cm³/mol. The standard InChI is InChI=1S/C30H28N2O6.C25H23NO4/c1-19-26(31-28(38-19)21-6-4-3-5-7-21)16-17-37-24-12-8-20(9-13-24)18-25-27(30(34)35)32(29(25)33)22-10-14-23(36-2)15-11-22;1-29-21-13-9-20(10-14-21)26-24(16-27)23(25(26)28)15-18-7-11-22(12-8-18)30-17-19-5-3-2-4-6-19/h3-15,25,27H,16-18H2,1-2H3,(H,34,35);2-14,16,23-24H,15,17H2,1H3/t25-,27-;23-,24+/m00/s1. The zero-order valence-electron chi connectivity index (χ0n) is 37.9. The number of oxazole rings is 1. The number of aromatic nitrogens is 1. The molecular weight excluding hydrogens is 863 g/mol. The molecule has 1 N–H and O–H groups in total. The molecule has 13 nitrogen and oxygen atoms in total. The maximum absolute atomic E-state index is 12.9. The molecule has 0 spiro atoms. The lowest BCUT2D eigenvalue weighted by Crippen LogP contribution is -2.65. The van der Waals surface area contributed by atoms with Gasteiger partial charge >= 0.3 is 5.97 Å². The average molecular weight is 914 g/mol. The van der Waals surface area contributed by atoms with Crippen LogP contribution in [-0.2, 0) is 45.0 Å². The van der Waals surface area contributed by atoms with Gasteiger partial charge in [-0.2, -0.15) is 0 Å². The van der Waals surface area contributed by atoms with Crippen LogP contribution in [0.2, 0.25) is 0 Å². The fourth-order valence-electron chi connectivity index (χ4n) is 8.36. The summed E-state index contributed by atoms with van der Waals surface area (Å²) in [6.45, 7) is 2.83. The van der Waals surface area contributed by atoms with Crippen molar-refractivity contribution in [3.63, 3.8) is 0 Å². The molecule has 0 bridgehead atoms. The Kier molecular flexibility index (Phi) is 14.6. The monoisotopic (exact) mass is 913 g/mol.